The molecule has 0 atom stereocenters. The quantitative estimate of drug-likeness (QED) is 0.597. The van der Waals surface area contributed by atoms with Crippen molar-refractivity contribution in [2.75, 3.05) is 19.6 Å². The summed E-state index contributed by atoms with van der Waals surface area (Å²) < 4.78 is 13.0. The molecule has 0 bridgehead atoms. The lowest BCUT2D eigenvalue weighted by atomic mass is 10.1. The van der Waals surface area contributed by atoms with Gasteiger partial charge in [-0.2, -0.15) is 0 Å². The minimum Gasteiger partial charge on any atom is -0.325 e. The monoisotopic (exact) mass is 144 g/mol. The zero-order valence-electron chi connectivity index (χ0n) is 6.02. The number of nitrogens with two attached hydrogens (primary N) is 1. The van der Waals surface area contributed by atoms with Crippen molar-refractivity contribution in [2.24, 2.45) is 5.73 Å². The predicted molar refractivity (Wildman–Crippen MR) is 37.5 cm³/mol. The van der Waals surface area contributed by atoms with Gasteiger partial charge in [-0.3, -0.25) is 4.90 Å². The highest BCUT2D eigenvalue weighted by atomic mass is 19.1. The summed E-state index contributed by atoms with van der Waals surface area (Å²) in [5, 5.41) is 0. The first-order valence-corrected chi connectivity index (χ1v) is 3.85. The topological polar surface area (TPSA) is 29.3 Å². The fourth-order valence-electron chi connectivity index (χ4n) is 1.43. The molecule has 1 saturated carbocycles. The van der Waals surface area contributed by atoms with E-state index in [0.717, 1.165) is 25.9 Å². The van der Waals surface area contributed by atoms with Crippen molar-refractivity contribution < 1.29 is 4.39 Å². The third-order valence-electron chi connectivity index (χ3n) is 2.28. The van der Waals surface area contributed by atoms with Crippen molar-refractivity contribution in [3.8, 4) is 0 Å². The summed E-state index contributed by atoms with van der Waals surface area (Å²) in [7, 11) is 0. The Morgan fingerprint density at radius 2 is 2.10 bits per heavy atom. The zero-order valence-corrected chi connectivity index (χ0v) is 6.02. The molecule has 10 heavy (non-hydrogen) atoms. The van der Waals surface area contributed by atoms with E-state index in [9.17, 15) is 4.39 Å². The van der Waals surface area contributed by atoms with Crippen molar-refractivity contribution in [3.05, 3.63) is 0 Å². The Bertz CT molecular complexity index is 139. The molecule has 0 unspecified atom stereocenters. The molecule has 1 aliphatic heterocycles. The summed E-state index contributed by atoms with van der Waals surface area (Å²) in [6, 6.07) is 0.308. The summed E-state index contributed by atoms with van der Waals surface area (Å²) in [4.78, 5) is 2.09. The van der Waals surface area contributed by atoms with Gasteiger partial charge in [0.15, 0.2) is 0 Å². The Morgan fingerprint density at radius 1 is 1.50 bits per heavy atom. The molecular weight excluding hydrogens is 131 g/mol. The highest BCUT2D eigenvalue weighted by Crippen LogP contribution is 2.40. The Morgan fingerprint density at radius 3 is 2.50 bits per heavy atom. The van der Waals surface area contributed by atoms with Crippen LogP contribution in [0.25, 0.3) is 0 Å². The van der Waals surface area contributed by atoms with E-state index < -0.39 is 5.67 Å². The van der Waals surface area contributed by atoms with Crippen molar-refractivity contribution in [1.29, 1.82) is 0 Å². The van der Waals surface area contributed by atoms with Crippen molar-refractivity contribution >= 4 is 0 Å². The Balaban J connectivity index is 1.72. The molecule has 1 heterocycles. The lowest BCUT2D eigenvalue weighted by Gasteiger charge is -2.37. The van der Waals surface area contributed by atoms with Gasteiger partial charge in [0.1, 0.15) is 5.67 Å². The summed E-state index contributed by atoms with van der Waals surface area (Å²) in [6.45, 7) is 2.41. The molecule has 0 aromatic rings. The fraction of sp³-hybridized carbons (Fsp3) is 1.00. The summed E-state index contributed by atoms with van der Waals surface area (Å²) in [6.07, 6.45) is 1.53. The SMILES string of the molecule is NC1CN(CC2(F)CC2)C1. The number of likely N-dealkylation sites (tertiary alicyclic amines) is 1. The third-order valence-corrected chi connectivity index (χ3v) is 2.28. The molecule has 2 aliphatic rings. The molecule has 0 aromatic heterocycles. The summed E-state index contributed by atoms with van der Waals surface area (Å²) >= 11 is 0. The third kappa shape index (κ3) is 1.16. The lowest BCUT2D eigenvalue weighted by Crippen LogP contribution is -2.57. The Labute approximate surface area is 60.2 Å². The molecule has 2 nitrogen and oxygen atoms in total. The number of halogens is 1. The van der Waals surface area contributed by atoms with Crippen LogP contribution in [0.15, 0.2) is 0 Å². The highest BCUT2D eigenvalue weighted by molar-refractivity contribution is 4.99. The molecule has 2 fully saturated rings. The predicted octanol–water partition coefficient (Wildman–Crippen LogP) is 0.131. The standard InChI is InChI=1S/C7H13FN2/c8-7(1-2-7)5-10-3-6(9)4-10/h6H,1-5,9H2. The Kier molecular flexibility index (Phi) is 1.26. The van der Waals surface area contributed by atoms with Crippen LogP contribution in [0, 0.1) is 0 Å². The van der Waals surface area contributed by atoms with Crippen LogP contribution in [0.2, 0.25) is 0 Å². The smallest absolute Gasteiger partial charge is 0.123 e. The van der Waals surface area contributed by atoms with E-state index in [0.29, 0.717) is 12.6 Å². The number of nitrogens with zero attached hydrogens (tertiary/aromatic N) is 1. The van der Waals surface area contributed by atoms with Crippen LogP contribution in [0.1, 0.15) is 12.8 Å². The van der Waals surface area contributed by atoms with E-state index >= 15 is 0 Å². The maximum absolute atomic E-state index is 13.0. The molecule has 2 N–H and O–H groups in total. The lowest BCUT2D eigenvalue weighted by molar-refractivity contribution is 0.1000. The normalized spacial score (nSPS) is 31.8. The summed E-state index contributed by atoms with van der Waals surface area (Å²) in [5.41, 5.74) is 4.72. The maximum atomic E-state index is 13.0. The van der Waals surface area contributed by atoms with E-state index in [1.165, 1.54) is 0 Å². The molecular formula is C7H13FN2. The second kappa shape index (κ2) is 1.92. The second-order valence-corrected chi connectivity index (χ2v) is 3.61. The average Bonchev–Trinajstić information content (AvgIpc) is 2.45. The molecule has 1 aliphatic carbocycles. The number of hydrogen-bond donors (Lipinski definition) is 1. The van der Waals surface area contributed by atoms with Crippen LogP contribution in [0.4, 0.5) is 4.39 Å². The number of rotatable bonds is 2. The van der Waals surface area contributed by atoms with Gasteiger partial charge in [-0.25, -0.2) is 4.39 Å². The van der Waals surface area contributed by atoms with Crippen molar-refractivity contribution in [2.45, 2.75) is 24.6 Å². The van der Waals surface area contributed by atoms with Gasteiger partial charge in [0.05, 0.1) is 0 Å². The van der Waals surface area contributed by atoms with Gasteiger partial charge in [-0.15, -0.1) is 0 Å². The molecule has 0 spiro atoms. The summed E-state index contributed by atoms with van der Waals surface area (Å²) in [5.74, 6) is 0. The van der Waals surface area contributed by atoms with Crippen molar-refractivity contribution in [1.82, 2.24) is 4.90 Å². The Hall–Kier alpha value is -0.150. The van der Waals surface area contributed by atoms with Crippen LogP contribution >= 0.6 is 0 Å². The molecule has 0 amide bonds. The fourth-order valence-corrected chi connectivity index (χ4v) is 1.43. The van der Waals surface area contributed by atoms with Crippen LogP contribution in [-0.2, 0) is 0 Å². The van der Waals surface area contributed by atoms with Crippen LogP contribution in [0.3, 0.4) is 0 Å². The van der Waals surface area contributed by atoms with Crippen LogP contribution in [0.5, 0.6) is 0 Å². The average molecular weight is 144 g/mol. The van der Waals surface area contributed by atoms with E-state index in [-0.39, 0.29) is 0 Å². The van der Waals surface area contributed by atoms with E-state index in [1.807, 2.05) is 0 Å². The van der Waals surface area contributed by atoms with Gasteiger partial charge in [-0.1, -0.05) is 0 Å². The highest BCUT2D eigenvalue weighted by Gasteiger charge is 2.45. The first kappa shape index (κ1) is 6.55. The van der Waals surface area contributed by atoms with Gasteiger partial charge >= 0.3 is 0 Å². The van der Waals surface area contributed by atoms with Gasteiger partial charge in [0.2, 0.25) is 0 Å². The zero-order chi connectivity index (χ0) is 7.19. The van der Waals surface area contributed by atoms with E-state index in [4.69, 9.17) is 5.73 Å². The minimum atomic E-state index is -0.819. The molecule has 3 heteroatoms. The number of hydrogen-bond acceptors (Lipinski definition) is 2. The van der Waals surface area contributed by atoms with Crippen molar-refractivity contribution in [3.63, 3.8) is 0 Å². The first-order valence-electron chi connectivity index (χ1n) is 3.85. The van der Waals surface area contributed by atoms with Gasteiger partial charge in [-0.05, 0) is 12.8 Å². The first-order chi connectivity index (χ1) is 4.68. The molecule has 2 rings (SSSR count). The van der Waals surface area contributed by atoms with Crippen LogP contribution < -0.4 is 5.73 Å². The van der Waals surface area contributed by atoms with Gasteiger partial charge in [0, 0.05) is 25.7 Å². The van der Waals surface area contributed by atoms with E-state index in [2.05, 4.69) is 4.90 Å². The maximum Gasteiger partial charge on any atom is 0.123 e. The van der Waals surface area contributed by atoms with Crippen LogP contribution in [-0.4, -0.2) is 36.2 Å². The molecule has 1 saturated heterocycles. The largest absolute Gasteiger partial charge is 0.325 e. The molecule has 58 valence electrons. The van der Waals surface area contributed by atoms with Gasteiger partial charge in [0.25, 0.3) is 0 Å². The molecule has 0 aromatic carbocycles. The van der Waals surface area contributed by atoms with E-state index in [1.54, 1.807) is 0 Å². The van der Waals surface area contributed by atoms with Gasteiger partial charge < -0.3 is 5.73 Å². The second-order valence-electron chi connectivity index (χ2n) is 3.61. The molecule has 0 radical (unpaired) electrons. The minimum absolute atomic E-state index is 0.308. The number of alkyl halides is 1.